The SMILES string of the molecule is CC1CCC(CCNCc2nc3ccccc3n2C)CC1. The summed E-state index contributed by atoms with van der Waals surface area (Å²) in [6.45, 7) is 4.37. The van der Waals surface area contributed by atoms with Gasteiger partial charge in [-0.1, -0.05) is 44.7 Å². The molecule has 0 atom stereocenters. The zero-order valence-corrected chi connectivity index (χ0v) is 13.3. The third-order valence-corrected chi connectivity index (χ3v) is 5.03. The molecule has 1 aromatic carbocycles. The third kappa shape index (κ3) is 3.46. The fourth-order valence-corrected chi connectivity index (χ4v) is 3.48. The second kappa shape index (κ2) is 6.61. The fraction of sp³-hybridized carbons (Fsp3) is 0.611. The van der Waals surface area contributed by atoms with Crippen LogP contribution in [0.3, 0.4) is 0 Å². The number of aryl methyl sites for hydroxylation is 1. The summed E-state index contributed by atoms with van der Waals surface area (Å²) in [5, 5.41) is 3.58. The summed E-state index contributed by atoms with van der Waals surface area (Å²) in [5.74, 6) is 3.02. The molecule has 3 nitrogen and oxygen atoms in total. The Morgan fingerprint density at radius 1 is 1.19 bits per heavy atom. The number of para-hydroxylation sites is 2. The van der Waals surface area contributed by atoms with Crippen LogP contribution in [0.1, 0.15) is 44.9 Å². The molecule has 0 amide bonds. The van der Waals surface area contributed by atoms with Crippen LogP contribution < -0.4 is 5.32 Å². The van der Waals surface area contributed by atoms with Crippen molar-refractivity contribution in [3.63, 3.8) is 0 Å². The van der Waals surface area contributed by atoms with Gasteiger partial charge in [0.15, 0.2) is 0 Å². The van der Waals surface area contributed by atoms with Gasteiger partial charge in [0, 0.05) is 7.05 Å². The minimum Gasteiger partial charge on any atom is -0.330 e. The zero-order valence-electron chi connectivity index (χ0n) is 13.3. The van der Waals surface area contributed by atoms with Crippen molar-refractivity contribution >= 4 is 11.0 Å². The molecular weight excluding hydrogens is 258 g/mol. The van der Waals surface area contributed by atoms with Gasteiger partial charge in [0.25, 0.3) is 0 Å². The quantitative estimate of drug-likeness (QED) is 0.845. The van der Waals surface area contributed by atoms with Crippen molar-refractivity contribution in [3.05, 3.63) is 30.1 Å². The Balaban J connectivity index is 1.47. The summed E-state index contributed by atoms with van der Waals surface area (Å²) in [6.07, 6.45) is 7.02. The van der Waals surface area contributed by atoms with Gasteiger partial charge in [-0.05, 0) is 36.9 Å². The maximum Gasteiger partial charge on any atom is 0.123 e. The molecular formula is C18H27N3. The van der Waals surface area contributed by atoms with Crippen molar-refractivity contribution in [1.82, 2.24) is 14.9 Å². The van der Waals surface area contributed by atoms with Gasteiger partial charge in [0.1, 0.15) is 5.82 Å². The third-order valence-electron chi connectivity index (χ3n) is 5.03. The van der Waals surface area contributed by atoms with Crippen molar-refractivity contribution in [2.75, 3.05) is 6.54 Å². The van der Waals surface area contributed by atoms with E-state index in [-0.39, 0.29) is 0 Å². The molecule has 0 bridgehead atoms. The number of rotatable bonds is 5. The highest BCUT2D eigenvalue weighted by atomic mass is 15.1. The van der Waals surface area contributed by atoms with Gasteiger partial charge in [0.2, 0.25) is 0 Å². The van der Waals surface area contributed by atoms with Gasteiger partial charge in [-0.25, -0.2) is 4.98 Å². The highest BCUT2D eigenvalue weighted by Gasteiger charge is 2.17. The Hall–Kier alpha value is -1.35. The highest BCUT2D eigenvalue weighted by molar-refractivity contribution is 5.75. The summed E-state index contributed by atoms with van der Waals surface area (Å²) >= 11 is 0. The molecule has 1 saturated carbocycles. The van der Waals surface area contributed by atoms with E-state index in [0.29, 0.717) is 0 Å². The lowest BCUT2D eigenvalue weighted by molar-refractivity contribution is 0.275. The molecule has 1 aliphatic rings. The van der Waals surface area contributed by atoms with Gasteiger partial charge in [0.05, 0.1) is 17.6 Å². The largest absolute Gasteiger partial charge is 0.330 e. The molecule has 0 aliphatic heterocycles. The molecule has 3 heteroatoms. The van der Waals surface area contributed by atoms with Crippen molar-refractivity contribution in [2.24, 2.45) is 18.9 Å². The fourth-order valence-electron chi connectivity index (χ4n) is 3.48. The topological polar surface area (TPSA) is 29.9 Å². The maximum atomic E-state index is 4.71. The maximum absolute atomic E-state index is 4.71. The van der Waals surface area contributed by atoms with Crippen LogP contribution in [-0.2, 0) is 13.6 Å². The number of hydrogen-bond donors (Lipinski definition) is 1. The van der Waals surface area contributed by atoms with Crippen LogP contribution in [0.25, 0.3) is 11.0 Å². The normalized spacial score (nSPS) is 22.8. The first kappa shape index (κ1) is 14.6. The molecule has 1 aromatic heterocycles. The summed E-state index contributed by atoms with van der Waals surface area (Å²) < 4.78 is 2.20. The van der Waals surface area contributed by atoms with Gasteiger partial charge in [-0.3, -0.25) is 0 Å². The Morgan fingerprint density at radius 2 is 1.95 bits per heavy atom. The smallest absolute Gasteiger partial charge is 0.123 e. The van der Waals surface area contributed by atoms with E-state index in [4.69, 9.17) is 4.98 Å². The number of benzene rings is 1. The van der Waals surface area contributed by atoms with Crippen LogP contribution in [0.15, 0.2) is 24.3 Å². The van der Waals surface area contributed by atoms with E-state index < -0.39 is 0 Å². The van der Waals surface area contributed by atoms with E-state index in [2.05, 4.69) is 48.1 Å². The summed E-state index contributed by atoms with van der Waals surface area (Å²) in [6, 6.07) is 8.35. The lowest BCUT2D eigenvalue weighted by Crippen LogP contribution is -2.21. The Morgan fingerprint density at radius 3 is 2.71 bits per heavy atom. The van der Waals surface area contributed by atoms with Crippen molar-refractivity contribution < 1.29 is 0 Å². The van der Waals surface area contributed by atoms with Crippen LogP contribution in [0.2, 0.25) is 0 Å². The van der Waals surface area contributed by atoms with Crippen LogP contribution >= 0.6 is 0 Å². The molecule has 0 spiro atoms. The van der Waals surface area contributed by atoms with E-state index in [1.165, 1.54) is 37.6 Å². The van der Waals surface area contributed by atoms with Crippen LogP contribution in [0.5, 0.6) is 0 Å². The average Bonchev–Trinajstić information content (AvgIpc) is 2.82. The molecule has 0 radical (unpaired) electrons. The lowest BCUT2D eigenvalue weighted by atomic mass is 9.81. The number of nitrogens with one attached hydrogen (secondary N) is 1. The monoisotopic (exact) mass is 285 g/mol. The molecule has 114 valence electrons. The molecule has 1 N–H and O–H groups in total. The van der Waals surface area contributed by atoms with Crippen molar-refractivity contribution in [2.45, 2.75) is 45.6 Å². The predicted molar refractivity (Wildman–Crippen MR) is 88.2 cm³/mol. The first-order valence-electron chi connectivity index (χ1n) is 8.35. The van der Waals surface area contributed by atoms with Crippen LogP contribution in [0, 0.1) is 11.8 Å². The summed E-state index contributed by atoms with van der Waals surface area (Å²) in [4.78, 5) is 4.71. The van der Waals surface area contributed by atoms with E-state index in [1.807, 2.05) is 0 Å². The van der Waals surface area contributed by atoms with Gasteiger partial charge >= 0.3 is 0 Å². The summed E-state index contributed by atoms with van der Waals surface area (Å²) in [7, 11) is 2.11. The standard InChI is InChI=1S/C18H27N3/c1-14-7-9-15(10-8-14)11-12-19-13-18-20-16-5-3-4-6-17(16)21(18)2/h3-6,14-15,19H,7-13H2,1-2H3. The Labute approximate surface area is 127 Å². The van der Waals surface area contributed by atoms with E-state index in [9.17, 15) is 0 Å². The lowest BCUT2D eigenvalue weighted by Gasteiger charge is -2.26. The Bertz CT molecular complexity index is 579. The second-order valence-corrected chi connectivity index (χ2v) is 6.67. The number of fused-ring (bicyclic) bond motifs is 1. The number of hydrogen-bond acceptors (Lipinski definition) is 2. The second-order valence-electron chi connectivity index (χ2n) is 6.67. The number of imidazole rings is 1. The molecule has 1 fully saturated rings. The van der Waals surface area contributed by atoms with E-state index in [0.717, 1.165) is 36.3 Å². The van der Waals surface area contributed by atoms with Gasteiger partial charge in [-0.15, -0.1) is 0 Å². The molecule has 1 aliphatic carbocycles. The minimum absolute atomic E-state index is 0.869. The molecule has 0 unspecified atom stereocenters. The zero-order chi connectivity index (χ0) is 14.7. The highest BCUT2D eigenvalue weighted by Crippen LogP contribution is 2.29. The van der Waals surface area contributed by atoms with Crippen LogP contribution in [-0.4, -0.2) is 16.1 Å². The summed E-state index contributed by atoms with van der Waals surface area (Å²) in [5.41, 5.74) is 2.31. The molecule has 1 heterocycles. The predicted octanol–water partition coefficient (Wildman–Crippen LogP) is 3.88. The van der Waals surface area contributed by atoms with Crippen molar-refractivity contribution in [3.8, 4) is 0 Å². The van der Waals surface area contributed by atoms with E-state index in [1.54, 1.807) is 0 Å². The Kier molecular flexibility index (Phi) is 4.59. The van der Waals surface area contributed by atoms with E-state index >= 15 is 0 Å². The number of aromatic nitrogens is 2. The van der Waals surface area contributed by atoms with Crippen LogP contribution in [0.4, 0.5) is 0 Å². The van der Waals surface area contributed by atoms with Gasteiger partial charge < -0.3 is 9.88 Å². The number of nitrogens with zero attached hydrogens (tertiary/aromatic N) is 2. The first-order chi connectivity index (χ1) is 10.2. The van der Waals surface area contributed by atoms with Crippen molar-refractivity contribution in [1.29, 1.82) is 0 Å². The molecule has 2 aromatic rings. The first-order valence-corrected chi connectivity index (χ1v) is 8.35. The molecule has 3 rings (SSSR count). The molecule has 21 heavy (non-hydrogen) atoms. The minimum atomic E-state index is 0.869. The average molecular weight is 285 g/mol. The van der Waals surface area contributed by atoms with Gasteiger partial charge in [-0.2, -0.15) is 0 Å². The molecule has 0 saturated heterocycles.